The third-order valence-corrected chi connectivity index (χ3v) is 4.76. The molecule has 0 spiro atoms. The van der Waals surface area contributed by atoms with E-state index in [0.717, 1.165) is 43.3 Å². The number of amides is 1. The standard InChI is InChI=1S/C18H22N4O/c23-18(21-12-10-20(11-13-21)14-15-6-7-15)16-4-1-2-5-17(16)22-9-3-8-19-22/h1-5,8-9,15H,6-7,10-14H2. The average Bonchev–Trinajstić information content (AvgIpc) is 3.24. The van der Waals surface area contributed by atoms with E-state index in [2.05, 4.69) is 10.00 Å². The zero-order valence-corrected chi connectivity index (χ0v) is 13.3. The second kappa shape index (κ2) is 6.16. The molecule has 1 aliphatic heterocycles. The summed E-state index contributed by atoms with van der Waals surface area (Å²) in [5, 5.41) is 4.26. The molecule has 23 heavy (non-hydrogen) atoms. The molecule has 0 atom stereocenters. The Morgan fingerprint density at radius 1 is 1.09 bits per heavy atom. The van der Waals surface area contributed by atoms with Crippen LogP contribution in [0, 0.1) is 5.92 Å². The Labute approximate surface area is 136 Å². The second-order valence-electron chi connectivity index (χ2n) is 6.50. The molecule has 1 saturated heterocycles. The number of aromatic nitrogens is 2. The quantitative estimate of drug-likeness (QED) is 0.868. The van der Waals surface area contributed by atoms with Gasteiger partial charge in [-0.25, -0.2) is 4.68 Å². The van der Waals surface area contributed by atoms with Crippen molar-refractivity contribution in [1.29, 1.82) is 0 Å². The molecule has 0 radical (unpaired) electrons. The first-order valence-corrected chi connectivity index (χ1v) is 8.42. The van der Waals surface area contributed by atoms with E-state index in [9.17, 15) is 4.79 Å². The number of carbonyl (C=O) groups is 1. The van der Waals surface area contributed by atoms with Gasteiger partial charge in [-0.05, 0) is 37.0 Å². The minimum Gasteiger partial charge on any atom is -0.336 e. The monoisotopic (exact) mass is 310 g/mol. The number of hydrogen-bond donors (Lipinski definition) is 0. The predicted octanol–water partition coefficient (Wildman–Crippen LogP) is 2.04. The molecule has 5 heteroatoms. The minimum atomic E-state index is 0.113. The molecule has 120 valence electrons. The predicted molar refractivity (Wildman–Crippen MR) is 88.6 cm³/mol. The van der Waals surface area contributed by atoms with Crippen molar-refractivity contribution in [2.75, 3.05) is 32.7 Å². The summed E-state index contributed by atoms with van der Waals surface area (Å²) < 4.78 is 1.76. The fourth-order valence-electron chi connectivity index (χ4n) is 3.24. The van der Waals surface area contributed by atoms with Crippen LogP contribution in [0.2, 0.25) is 0 Å². The van der Waals surface area contributed by atoms with Crippen LogP contribution in [0.5, 0.6) is 0 Å². The summed E-state index contributed by atoms with van der Waals surface area (Å²) in [7, 11) is 0. The lowest BCUT2D eigenvalue weighted by molar-refractivity contribution is 0.0632. The highest BCUT2D eigenvalue weighted by atomic mass is 16.2. The van der Waals surface area contributed by atoms with Crippen molar-refractivity contribution in [2.45, 2.75) is 12.8 Å². The van der Waals surface area contributed by atoms with Crippen LogP contribution in [0.4, 0.5) is 0 Å². The van der Waals surface area contributed by atoms with E-state index in [1.807, 2.05) is 41.4 Å². The number of benzene rings is 1. The van der Waals surface area contributed by atoms with Crippen LogP contribution in [-0.2, 0) is 0 Å². The first-order valence-electron chi connectivity index (χ1n) is 8.42. The smallest absolute Gasteiger partial charge is 0.256 e. The normalized spacial score (nSPS) is 19.0. The highest BCUT2D eigenvalue weighted by molar-refractivity contribution is 5.97. The third kappa shape index (κ3) is 3.15. The van der Waals surface area contributed by atoms with Crippen LogP contribution in [0.15, 0.2) is 42.7 Å². The van der Waals surface area contributed by atoms with Gasteiger partial charge in [0.25, 0.3) is 5.91 Å². The van der Waals surface area contributed by atoms with Gasteiger partial charge in [-0.15, -0.1) is 0 Å². The molecule has 2 heterocycles. The summed E-state index contributed by atoms with van der Waals surface area (Å²) in [4.78, 5) is 17.4. The van der Waals surface area contributed by atoms with E-state index in [1.165, 1.54) is 19.4 Å². The van der Waals surface area contributed by atoms with Gasteiger partial charge in [0, 0.05) is 45.1 Å². The van der Waals surface area contributed by atoms with Gasteiger partial charge >= 0.3 is 0 Å². The molecule has 5 nitrogen and oxygen atoms in total. The summed E-state index contributed by atoms with van der Waals surface area (Å²) in [6, 6.07) is 9.59. The number of carbonyl (C=O) groups excluding carboxylic acids is 1. The van der Waals surface area contributed by atoms with Crippen LogP contribution >= 0.6 is 0 Å². The zero-order valence-electron chi connectivity index (χ0n) is 13.3. The van der Waals surface area contributed by atoms with Crippen molar-refractivity contribution in [1.82, 2.24) is 19.6 Å². The van der Waals surface area contributed by atoms with E-state index in [-0.39, 0.29) is 5.91 Å². The van der Waals surface area contributed by atoms with E-state index in [1.54, 1.807) is 10.9 Å². The van der Waals surface area contributed by atoms with E-state index < -0.39 is 0 Å². The molecule has 1 aromatic carbocycles. The van der Waals surface area contributed by atoms with Crippen molar-refractivity contribution in [3.63, 3.8) is 0 Å². The Hall–Kier alpha value is -2.14. The Balaban J connectivity index is 1.47. The Bertz CT molecular complexity index is 670. The lowest BCUT2D eigenvalue weighted by Crippen LogP contribution is -2.49. The Kier molecular flexibility index (Phi) is 3.87. The highest BCUT2D eigenvalue weighted by Gasteiger charge is 2.28. The maximum atomic E-state index is 12.9. The molecule has 0 unspecified atom stereocenters. The Morgan fingerprint density at radius 2 is 1.87 bits per heavy atom. The van der Waals surface area contributed by atoms with Crippen LogP contribution in [-0.4, -0.2) is 58.2 Å². The van der Waals surface area contributed by atoms with Crippen LogP contribution < -0.4 is 0 Å². The number of para-hydroxylation sites is 1. The van der Waals surface area contributed by atoms with Crippen LogP contribution in [0.3, 0.4) is 0 Å². The van der Waals surface area contributed by atoms with Gasteiger partial charge < -0.3 is 4.90 Å². The molecule has 0 N–H and O–H groups in total. The van der Waals surface area contributed by atoms with Gasteiger partial charge in [0.1, 0.15) is 0 Å². The lowest BCUT2D eigenvalue weighted by Gasteiger charge is -2.35. The average molecular weight is 310 g/mol. The molecule has 1 aliphatic carbocycles. The molecule has 2 aliphatic rings. The maximum absolute atomic E-state index is 12.9. The molecule has 1 aromatic heterocycles. The third-order valence-electron chi connectivity index (χ3n) is 4.76. The summed E-state index contributed by atoms with van der Waals surface area (Å²) in [5.41, 5.74) is 1.58. The van der Waals surface area contributed by atoms with Crippen molar-refractivity contribution in [3.8, 4) is 5.69 Å². The number of hydrogen-bond acceptors (Lipinski definition) is 3. The van der Waals surface area contributed by atoms with E-state index in [4.69, 9.17) is 0 Å². The molecule has 2 aromatic rings. The fourth-order valence-corrected chi connectivity index (χ4v) is 3.24. The summed E-state index contributed by atoms with van der Waals surface area (Å²) in [5.74, 6) is 1.03. The van der Waals surface area contributed by atoms with Gasteiger partial charge in [-0.3, -0.25) is 9.69 Å². The molecule has 1 amide bonds. The van der Waals surface area contributed by atoms with Crippen molar-refractivity contribution in [2.24, 2.45) is 5.92 Å². The summed E-state index contributed by atoms with van der Waals surface area (Å²) >= 11 is 0. The van der Waals surface area contributed by atoms with Crippen LogP contribution in [0.25, 0.3) is 5.69 Å². The van der Waals surface area contributed by atoms with E-state index in [0.29, 0.717) is 0 Å². The molecule has 1 saturated carbocycles. The second-order valence-corrected chi connectivity index (χ2v) is 6.50. The Morgan fingerprint density at radius 3 is 2.57 bits per heavy atom. The molecule has 0 bridgehead atoms. The first-order chi connectivity index (χ1) is 11.3. The van der Waals surface area contributed by atoms with Gasteiger partial charge in [-0.1, -0.05) is 12.1 Å². The molecular weight excluding hydrogens is 288 g/mol. The van der Waals surface area contributed by atoms with Crippen LogP contribution in [0.1, 0.15) is 23.2 Å². The van der Waals surface area contributed by atoms with Gasteiger partial charge in [0.15, 0.2) is 0 Å². The maximum Gasteiger partial charge on any atom is 0.256 e. The first kappa shape index (κ1) is 14.5. The topological polar surface area (TPSA) is 41.4 Å². The van der Waals surface area contributed by atoms with Gasteiger partial charge in [0.05, 0.1) is 11.3 Å². The van der Waals surface area contributed by atoms with Crippen molar-refractivity contribution in [3.05, 3.63) is 48.3 Å². The zero-order chi connectivity index (χ0) is 15.6. The summed E-state index contributed by atoms with van der Waals surface area (Å²) in [6.45, 7) is 4.84. The number of rotatable bonds is 4. The van der Waals surface area contributed by atoms with Crippen molar-refractivity contribution >= 4 is 5.91 Å². The van der Waals surface area contributed by atoms with E-state index >= 15 is 0 Å². The minimum absolute atomic E-state index is 0.113. The number of nitrogens with zero attached hydrogens (tertiary/aromatic N) is 4. The number of piperazine rings is 1. The molecule has 2 fully saturated rings. The SMILES string of the molecule is O=C(c1ccccc1-n1cccn1)N1CCN(CC2CC2)CC1. The molecule has 4 rings (SSSR count). The summed E-state index contributed by atoms with van der Waals surface area (Å²) in [6.07, 6.45) is 6.38. The lowest BCUT2D eigenvalue weighted by atomic mass is 10.1. The largest absolute Gasteiger partial charge is 0.336 e. The highest BCUT2D eigenvalue weighted by Crippen LogP contribution is 2.30. The van der Waals surface area contributed by atoms with Gasteiger partial charge in [0.2, 0.25) is 0 Å². The van der Waals surface area contributed by atoms with Gasteiger partial charge in [-0.2, -0.15) is 5.10 Å². The van der Waals surface area contributed by atoms with Crippen molar-refractivity contribution < 1.29 is 4.79 Å². The molecular formula is C18H22N4O. The fraction of sp³-hybridized carbons (Fsp3) is 0.444.